The van der Waals surface area contributed by atoms with E-state index in [0.717, 1.165) is 57.1 Å². The van der Waals surface area contributed by atoms with Gasteiger partial charge in [-0.3, -0.25) is 0 Å². The summed E-state index contributed by atoms with van der Waals surface area (Å²) in [5.74, 6) is 2.73. The van der Waals surface area contributed by atoms with Crippen LogP contribution in [-0.2, 0) is 6.42 Å². The first-order valence-corrected chi connectivity index (χ1v) is 10.0. The Labute approximate surface area is 158 Å². The molecule has 5 rings (SSSR count). The number of aromatic nitrogens is 4. The van der Waals surface area contributed by atoms with Gasteiger partial charge in [-0.1, -0.05) is 30.7 Å². The Bertz CT molecular complexity index is 973. The highest BCUT2D eigenvalue weighted by molar-refractivity contribution is 6.33. The molecule has 2 heterocycles. The van der Waals surface area contributed by atoms with Gasteiger partial charge in [0.05, 0.1) is 5.02 Å². The third-order valence-electron chi connectivity index (χ3n) is 5.75. The molecule has 2 aliphatic rings. The van der Waals surface area contributed by atoms with E-state index in [9.17, 15) is 0 Å². The van der Waals surface area contributed by atoms with Crippen LogP contribution in [0.5, 0.6) is 0 Å². The number of imidazole rings is 1. The van der Waals surface area contributed by atoms with Crippen LogP contribution in [0.3, 0.4) is 0 Å². The quantitative estimate of drug-likeness (QED) is 0.609. The summed E-state index contributed by atoms with van der Waals surface area (Å²) in [5.41, 5.74) is 4.80. The summed E-state index contributed by atoms with van der Waals surface area (Å²) in [6.07, 6.45) is 7.94. The lowest BCUT2D eigenvalue weighted by Gasteiger charge is -2.20. The molecule has 0 amide bonds. The molecule has 2 saturated carbocycles. The topological polar surface area (TPSA) is 43.6 Å². The molecular weight excluding hydrogens is 344 g/mol. The van der Waals surface area contributed by atoms with Crippen molar-refractivity contribution < 1.29 is 0 Å². The van der Waals surface area contributed by atoms with Crippen molar-refractivity contribution in [2.75, 3.05) is 0 Å². The molecule has 134 valence electrons. The Kier molecular flexibility index (Phi) is 3.78. The predicted octanol–water partition coefficient (Wildman–Crippen LogP) is 5.38. The minimum Gasteiger partial charge on any atom is -0.309 e. The molecule has 0 spiro atoms. The first-order chi connectivity index (χ1) is 12.7. The maximum absolute atomic E-state index is 6.53. The van der Waals surface area contributed by atoms with Crippen LogP contribution in [0.2, 0.25) is 5.02 Å². The average molecular weight is 367 g/mol. The number of fused-ring (bicyclic) bond motifs is 1. The van der Waals surface area contributed by atoms with Crippen LogP contribution in [0.1, 0.15) is 50.0 Å². The SMILES string of the molecule is CCc1nc2c(-c3ccc(C)cc3Cl)ncnc2n1C(C1CC1)C1CC1. The maximum atomic E-state index is 6.53. The standard InChI is InChI=1S/C21H23ClN4/c1-3-17-25-19-18(15-9-4-12(2)10-16(15)22)23-11-24-21(19)26(17)20(13-5-6-13)14-7-8-14/h4,9-11,13-14,20H,3,5-8H2,1-2H3. The molecule has 1 aromatic carbocycles. The number of nitrogens with zero attached hydrogens (tertiary/aromatic N) is 4. The fraction of sp³-hybridized carbons (Fsp3) is 0.476. The van der Waals surface area contributed by atoms with Gasteiger partial charge in [-0.2, -0.15) is 0 Å². The smallest absolute Gasteiger partial charge is 0.164 e. The average Bonchev–Trinajstić information content (AvgIpc) is 3.54. The van der Waals surface area contributed by atoms with E-state index in [4.69, 9.17) is 16.6 Å². The minimum atomic E-state index is 0.561. The minimum absolute atomic E-state index is 0.561. The summed E-state index contributed by atoms with van der Waals surface area (Å²) >= 11 is 6.53. The highest BCUT2D eigenvalue weighted by Crippen LogP contribution is 2.53. The second-order valence-electron chi connectivity index (χ2n) is 7.79. The normalized spacial score (nSPS) is 17.4. The Morgan fingerprint density at radius 1 is 1.15 bits per heavy atom. The first-order valence-electron chi connectivity index (χ1n) is 9.65. The van der Waals surface area contributed by atoms with Crippen molar-refractivity contribution in [1.82, 2.24) is 19.5 Å². The van der Waals surface area contributed by atoms with Crippen LogP contribution in [-0.4, -0.2) is 19.5 Å². The van der Waals surface area contributed by atoms with Gasteiger partial charge < -0.3 is 4.57 Å². The van der Waals surface area contributed by atoms with Gasteiger partial charge >= 0.3 is 0 Å². The van der Waals surface area contributed by atoms with Crippen LogP contribution in [0, 0.1) is 18.8 Å². The highest BCUT2D eigenvalue weighted by atomic mass is 35.5. The zero-order valence-corrected chi connectivity index (χ0v) is 16.0. The van der Waals surface area contributed by atoms with E-state index >= 15 is 0 Å². The number of hydrogen-bond acceptors (Lipinski definition) is 3. The number of aryl methyl sites for hydroxylation is 2. The highest BCUT2D eigenvalue weighted by Gasteiger charge is 2.44. The van der Waals surface area contributed by atoms with Crippen molar-refractivity contribution in [1.29, 1.82) is 0 Å². The van der Waals surface area contributed by atoms with E-state index < -0.39 is 0 Å². The third kappa shape index (κ3) is 2.62. The van der Waals surface area contributed by atoms with Gasteiger partial charge in [-0.15, -0.1) is 0 Å². The molecule has 0 saturated heterocycles. The maximum Gasteiger partial charge on any atom is 0.164 e. The van der Waals surface area contributed by atoms with Gasteiger partial charge in [0.2, 0.25) is 0 Å². The number of hydrogen-bond donors (Lipinski definition) is 0. The van der Waals surface area contributed by atoms with Gasteiger partial charge in [-0.05, 0) is 56.1 Å². The van der Waals surface area contributed by atoms with Crippen molar-refractivity contribution in [2.45, 2.75) is 52.0 Å². The largest absolute Gasteiger partial charge is 0.309 e. The number of rotatable bonds is 5. The van der Waals surface area contributed by atoms with Crippen LogP contribution in [0.25, 0.3) is 22.4 Å². The third-order valence-corrected chi connectivity index (χ3v) is 6.07. The Hall–Kier alpha value is -1.94. The van der Waals surface area contributed by atoms with Crippen LogP contribution >= 0.6 is 11.6 Å². The molecule has 2 fully saturated rings. The second kappa shape index (κ2) is 6.05. The summed E-state index contributed by atoms with van der Waals surface area (Å²) < 4.78 is 2.44. The molecule has 4 nitrogen and oxygen atoms in total. The molecular formula is C21H23ClN4. The van der Waals surface area contributed by atoms with E-state index in [-0.39, 0.29) is 0 Å². The fourth-order valence-electron chi connectivity index (χ4n) is 4.21. The van der Waals surface area contributed by atoms with E-state index in [0.29, 0.717) is 6.04 Å². The zero-order chi connectivity index (χ0) is 17.8. The zero-order valence-electron chi connectivity index (χ0n) is 15.2. The Morgan fingerprint density at radius 2 is 1.88 bits per heavy atom. The van der Waals surface area contributed by atoms with Crippen molar-refractivity contribution >= 4 is 22.8 Å². The molecule has 0 atom stereocenters. The molecule has 3 aromatic rings. The monoisotopic (exact) mass is 366 g/mol. The van der Waals surface area contributed by atoms with Gasteiger partial charge in [0, 0.05) is 18.0 Å². The summed E-state index contributed by atoms with van der Waals surface area (Å²) in [6.45, 7) is 4.23. The summed E-state index contributed by atoms with van der Waals surface area (Å²) in [5, 5.41) is 0.721. The van der Waals surface area contributed by atoms with Crippen molar-refractivity contribution in [3.05, 3.63) is 40.9 Å². The van der Waals surface area contributed by atoms with Gasteiger partial charge in [0.25, 0.3) is 0 Å². The van der Waals surface area contributed by atoms with Crippen LogP contribution < -0.4 is 0 Å². The van der Waals surface area contributed by atoms with Crippen molar-refractivity contribution in [3.8, 4) is 11.3 Å². The van der Waals surface area contributed by atoms with E-state index in [2.05, 4.69) is 27.5 Å². The second-order valence-corrected chi connectivity index (χ2v) is 8.20. The lowest BCUT2D eigenvalue weighted by atomic mass is 10.1. The van der Waals surface area contributed by atoms with Crippen LogP contribution in [0.15, 0.2) is 24.5 Å². The number of benzene rings is 1. The first kappa shape index (κ1) is 16.2. The van der Waals surface area contributed by atoms with Crippen molar-refractivity contribution in [2.24, 2.45) is 11.8 Å². The van der Waals surface area contributed by atoms with E-state index in [1.54, 1.807) is 6.33 Å². The van der Waals surface area contributed by atoms with Gasteiger partial charge in [0.1, 0.15) is 23.4 Å². The summed E-state index contributed by atoms with van der Waals surface area (Å²) in [4.78, 5) is 14.2. The predicted molar refractivity (Wildman–Crippen MR) is 104 cm³/mol. The molecule has 0 radical (unpaired) electrons. The van der Waals surface area contributed by atoms with Gasteiger partial charge in [-0.25, -0.2) is 15.0 Å². The molecule has 26 heavy (non-hydrogen) atoms. The van der Waals surface area contributed by atoms with E-state index in [1.165, 1.54) is 25.7 Å². The molecule has 2 aromatic heterocycles. The summed E-state index contributed by atoms with van der Waals surface area (Å²) in [6, 6.07) is 6.67. The lowest BCUT2D eigenvalue weighted by molar-refractivity contribution is 0.391. The van der Waals surface area contributed by atoms with E-state index in [1.807, 2.05) is 19.1 Å². The molecule has 5 heteroatoms. The molecule has 0 aliphatic heterocycles. The Morgan fingerprint density at radius 3 is 2.50 bits per heavy atom. The molecule has 2 aliphatic carbocycles. The Balaban J connectivity index is 1.72. The fourth-order valence-corrected chi connectivity index (χ4v) is 4.53. The lowest BCUT2D eigenvalue weighted by Crippen LogP contribution is -2.16. The number of halogens is 1. The van der Waals surface area contributed by atoms with Crippen LogP contribution in [0.4, 0.5) is 0 Å². The van der Waals surface area contributed by atoms with Crippen molar-refractivity contribution in [3.63, 3.8) is 0 Å². The van der Waals surface area contributed by atoms with Gasteiger partial charge in [0.15, 0.2) is 5.65 Å². The molecule has 0 N–H and O–H groups in total. The molecule has 0 unspecified atom stereocenters. The summed E-state index contributed by atoms with van der Waals surface area (Å²) in [7, 11) is 0. The molecule has 0 bridgehead atoms.